The maximum atomic E-state index is 13.0. The summed E-state index contributed by atoms with van der Waals surface area (Å²) in [6, 6.07) is 5.57. The molecule has 2 heterocycles. The fraction of sp³-hybridized carbons (Fsp3) is 0.667. The number of carbonyl (C=O) groups is 1. The number of fused-ring (bicyclic) bond motifs is 1. The lowest BCUT2D eigenvalue weighted by Crippen LogP contribution is -2.53. The second-order valence-corrected chi connectivity index (χ2v) is 10.5. The van der Waals surface area contributed by atoms with E-state index in [-0.39, 0.29) is 5.91 Å². The van der Waals surface area contributed by atoms with Crippen LogP contribution in [0.4, 0.5) is 0 Å². The van der Waals surface area contributed by atoms with E-state index in [2.05, 4.69) is 11.8 Å². The van der Waals surface area contributed by atoms with Gasteiger partial charge in [-0.1, -0.05) is 13.0 Å². The molecule has 0 unspecified atom stereocenters. The quantitative estimate of drug-likeness (QED) is 0.766. The Hall–Kier alpha value is -1.44. The van der Waals surface area contributed by atoms with Gasteiger partial charge in [-0.15, -0.1) is 0 Å². The van der Waals surface area contributed by atoms with Crippen LogP contribution < -0.4 is 0 Å². The van der Waals surface area contributed by atoms with Crippen molar-refractivity contribution in [3.05, 3.63) is 29.3 Å². The number of likely N-dealkylation sites (tertiary alicyclic amines) is 1. The number of benzene rings is 1. The van der Waals surface area contributed by atoms with Crippen molar-refractivity contribution in [2.45, 2.75) is 43.9 Å². The number of piperazine rings is 1. The van der Waals surface area contributed by atoms with Crippen molar-refractivity contribution < 1.29 is 13.2 Å². The lowest BCUT2D eigenvalue weighted by atomic mass is 10.0. The Bertz CT molecular complexity index is 831. The predicted molar refractivity (Wildman–Crippen MR) is 109 cm³/mol. The van der Waals surface area contributed by atoms with E-state index in [1.165, 1.54) is 21.9 Å². The minimum absolute atomic E-state index is 0.128. The van der Waals surface area contributed by atoms with Crippen molar-refractivity contribution >= 4 is 15.9 Å². The van der Waals surface area contributed by atoms with Crippen LogP contribution in [0, 0.1) is 5.92 Å². The van der Waals surface area contributed by atoms with Crippen LogP contribution in [0.5, 0.6) is 0 Å². The molecule has 0 aromatic heterocycles. The molecule has 1 aromatic rings. The number of nitrogens with zero attached hydrogens (tertiary/aromatic N) is 3. The summed E-state index contributed by atoms with van der Waals surface area (Å²) in [6.45, 7) is 6.38. The zero-order valence-electron chi connectivity index (χ0n) is 16.8. The molecule has 1 aromatic carbocycles. The van der Waals surface area contributed by atoms with Crippen molar-refractivity contribution in [2.75, 3.05) is 45.8 Å². The maximum Gasteiger partial charge on any atom is 0.243 e. The molecule has 2 fully saturated rings. The third-order valence-corrected chi connectivity index (χ3v) is 8.29. The fourth-order valence-corrected chi connectivity index (χ4v) is 6.23. The number of hydrogen-bond acceptors (Lipinski definition) is 4. The normalized spacial score (nSPS) is 24.3. The molecule has 1 amide bonds. The zero-order chi connectivity index (χ0) is 19.7. The Kier molecular flexibility index (Phi) is 5.76. The van der Waals surface area contributed by atoms with E-state index < -0.39 is 10.0 Å². The highest BCUT2D eigenvalue weighted by Gasteiger charge is 2.31. The van der Waals surface area contributed by atoms with Gasteiger partial charge in [-0.05, 0) is 67.8 Å². The third-order valence-electron chi connectivity index (χ3n) is 6.40. The van der Waals surface area contributed by atoms with Gasteiger partial charge in [0.15, 0.2) is 0 Å². The first kappa shape index (κ1) is 19.9. The van der Waals surface area contributed by atoms with Crippen molar-refractivity contribution in [1.82, 2.24) is 14.1 Å². The lowest BCUT2D eigenvalue weighted by Gasteiger charge is -2.36. The molecule has 28 heavy (non-hydrogen) atoms. The van der Waals surface area contributed by atoms with Crippen LogP contribution in [0.3, 0.4) is 0 Å². The molecule has 0 radical (unpaired) electrons. The van der Waals surface area contributed by atoms with Crippen molar-refractivity contribution in [3.63, 3.8) is 0 Å². The van der Waals surface area contributed by atoms with Crippen LogP contribution in [0.2, 0.25) is 0 Å². The van der Waals surface area contributed by atoms with Crippen LogP contribution in [0.25, 0.3) is 0 Å². The maximum absolute atomic E-state index is 13.0. The number of rotatable bonds is 4. The number of aryl methyl sites for hydroxylation is 2. The summed E-state index contributed by atoms with van der Waals surface area (Å²) in [5.74, 6) is 0.777. The molecular formula is C21H31N3O3S. The van der Waals surface area contributed by atoms with E-state index in [1.54, 1.807) is 6.07 Å². The highest BCUT2D eigenvalue weighted by atomic mass is 32.2. The Balaban J connectivity index is 1.35. The number of piperidine rings is 1. The smallest absolute Gasteiger partial charge is 0.243 e. The molecule has 2 aliphatic heterocycles. The third kappa shape index (κ3) is 4.11. The molecule has 2 saturated heterocycles. The molecule has 6 nitrogen and oxygen atoms in total. The van der Waals surface area contributed by atoms with Gasteiger partial charge in [0.05, 0.1) is 11.4 Å². The molecular weight excluding hydrogens is 374 g/mol. The van der Waals surface area contributed by atoms with Crippen LogP contribution in [-0.2, 0) is 27.7 Å². The zero-order valence-corrected chi connectivity index (χ0v) is 17.6. The summed E-state index contributed by atoms with van der Waals surface area (Å²) in [7, 11) is -3.48. The Morgan fingerprint density at radius 1 is 1.04 bits per heavy atom. The highest BCUT2D eigenvalue weighted by Crippen LogP contribution is 2.26. The molecule has 0 N–H and O–H groups in total. The van der Waals surface area contributed by atoms with Gasteiger partial charge in [0.25, 0.3) is 0 Å². The largest absolute Gasteiger partial charge is 0.339 e. The first-order chi connectivity index (χ1) is 13.4. The molecule has 3 aliphatic rings. The molecule has 0 spiro atoms. The number of amides is 1. The minimum Gasteiger partial charge on any atom is -0.339 e. The summed E-state index contributed by atoms with van der Waals surface area (Å²) in [4.78, 5) is 17.1. The van der Waals surface area contributed by atoms with Crippen LogP contribution >= 0.6 is 0 Å². The van der Waals surface area contributed by atoms with Gasteiger partial charge >= 0.3 is 0 Å². The average molecular weight is 406 g/mol. The molecule has 4 rings (SSSR count). The van der Waals surface area contributed by atoms with Gasteiger partial charge < -0.3 is 4.90 Å². The lowest BCUT2D eigenvalue weighted by molar-refractivity contribution is -0.134. The number of carbonyl (C=O) groups excluding carboxylic acids is 1. The van der Waals surface area contributed by atoms with Crippen molar-refractivity contribution in [3.8, 4) is 0 Å². The van der Waals surface area contributed by atoms with Gasteiger partial charge in [-0.25, -0.2) is 8.42 Å². The number of sulfonamides is 1. The average Bonchev–Trinajstić information content (AvgIpc) is 3.16. The Morgan fingerprint density at radius 2 is 1.79 bits per heavy atom. The first-order valence-electron chi connectivity index (χ1n) is 10.6. The van der Waals surface area contributed by atoms with Crippen LogP contribution in [-0.4, -0.2) is 74.2 Å². The van der Waals surface area contributed by atoms with Gasteiger partial charge in [0.1, 0.15) is 0 Å². The molecule has 7 heteroatoms. The summed E-state index contributed by atoms with van der Waals surface area (Å²) in [6.07, 6.45) is 5.52. The van der Waals surface area contributed by atoms with E-state index in [1.807, 2.05) is 17.0 Å². The van der Waals surface area contributed by atoms with Gasteiger partial charge in [-0.2, -0.15) is 4.31 Å². The minimum atomic E-state index is -3.48. The first-order valence-corrected chi connectivity index (χ1v) is 12.0. The van der Waals surface area contributed by atoms with E-state index in [0.717, 1.165) is 38.8 Å². The molecule has 0 bridgehead atoms. The van der Waals surface area contributed by atoms with Gasteiger partial charge in [0, 0.05) is 32.7 Å². The Labute approximate surface area is 168 Å². The molecule has 154 valence electrons. The second kappa shape index (κ2) is 8.13. The van der Waals surface area contributed by atoms with E-state index in [0.29, 0.717) is 43.5 Å². The standard InChI is InChI=1S/C21H31N3O3S/c1-17-4-3-9-22(15-17)16-21(25)23-10-12-24(13-11-23)28(26,27)20-8-7-18-5-2-6-19(18)14-20/h7-8,14,17H,2-6,9-13,15-16H2,1H3/t17-/m0/s1. The fourth-order valence-electron chi connectivity index (χ4n) is 4.76. The van der Waals surface area contributed by atoms with Gasteiger partial charge in [-0.3, -0.25) is 9.69 Å². The predicted octanol–water partition coefficient (Wildman–Crippen LogP) is 1.74. The van der Waals surface area contributed by atoms with E-state index in [9.17, 15) is 13.2 Å². The summed E-state index contributed by atoms with van der Waals surface area (Å²) < 4.78 is 27.6. The summed E-state index contributed by atoms with van der Waals surface area (Å²) in [5, 5.41) is 0. The highest BCUT2D eigenvalue weighted by molar-refractivity contribution is 7.89. The van der Waals surface area contributed by atoms with Crippen molar-refractivity contribution in [1.29, 1.82) is 0 Å². The number of hydrogen-bond donors (Lipinski definition) is 0. The van der Waals surface area contributed by atoms with Crippen molar-refractivity contribution in [2.24, 2.45) is 5.92 Å². The SMILES string of the molecule is C[C@H]1CCCN(CC(=O)N2CCN(S(=O)(=O)c3ccc4c(c3)CCC4)CC2)C1. The molecule has 1 atom stereocenters. The van der Waals surface area contributed by atoms with E-state index >= 15 is 0 Å². The van der Waals surface area contributed by atoms with Crippen LogP contribution in [0.15, 0.2) is 23.1 Å². The summed E-state index contributed by atoms with van der Waals surface area (Å²) >= 11 is 0. The van der Waals surface area contributed by atoms with E-state index in [4.69, 9.17) is 0 Å². The second-order valence-electron chi connectivity index (χ2n) is 8.55. The topological polar surface area (TPSA) is 60.9 Å². The van der Waals surface area contributed by atoms with Gasteiger partial charge in [0.2, 0.25) is 15.9 Å². The molecule has 1 aliphatic carbocycles. The Morgan fingerprint density at radius 3 is 2.54 bits per heavy atom. The monoisotopic (exact) mass is 405 g/mol. The molecule has 0 saturated carbocycles. The van der Waals surface area contributed by atoms with Crippen LogP contribution in [0.1, 0.15) is 37.3 Å². The summed E-state index contributed by atoms with van der Waals surface area (Å²) in [5.41, 5.74) is 2.45.